The van der Waals surface area contributed by atoms with Gasteiger partial charge in [-0.1, -0.05) is 48.0 Å². The average Bonchev–Trinajstić information content (AvgIpc) is 2.58. The van der Waals surface area contributed by atoms with E-state index in [1.165, 1.54) is 12.1 Å². The molecule has 0 bridgehead atoms. The molecule has 0 fully saturated rings. The standard InChI is InChI=1S/C18H22O5S/c1-15-8-10-18(11-9-15)24(19,20)23-12-16(2)22-14-21-13-17-6-4-3-5-7-17/h3-11,16H,12-14H2,1-2H3. The molecular formula is C18H22O5S. The molecular weight excluding hydrogens is 328 g/mol. The third-order valence-corrected chi connectivity index (χ3v) is 4.61. The Morgan fingerprint density at radius 1 is 1.00 bits per heavy atom. The van der Waals surface area contributed by atoms with Crippen molar-refractivity contribution >= 4 is 10.1 Å². The lowest BCUT2D eigenvalue weighted by atomic mass is 10.2. The number of hydrogen-bond acceptors (Lipinski definition) is 5. The molecule has 0 heterocycles. The second kappa shape index (κ2) is 8.94. The van der Waals surface area contributed by atoms with Gasteiger partial charge in [-0.3, -0.25) is 4.18 Å². The highest BCUT2D eigenvalue weighted by Crippen LogP contribution is 2.13. The number of aryl methyl sites for hydroxylation is 1. The molecule has 0 saturated heterocycles. The van der Waals surface area contributed by atoms with E-state index in [2.05, 4.69) is 0 Å². The van der Waals surface area contributed by atoms with E-state index in [4.69, 9.17) is 13.7 Å². The first-order valence-corrected chi connectivity index (χ1v) is 9.07. The first-order chi connectivity index (χ1) is 11.5. The molecule has 2 aromatic carbocycles. The van der Waals surface area contributed by atoms with Crippen molar-refractivity contribution in [1.82, 2.24) is 0 Å². The lowest BCUT2D eigenvalue weighted by Gasteiger charge is -2.14. The predicted molar refractivity (Wildman–Crippen MR) is 91.0 cm³/mol. The van der Waals surface area contributed by atoms with E-state index >= 15 is 0 Å². The van der Waals surface area contributed by atoms with Crippen LogP contribution >= 0.6 is 0 Å². The maximum absolute atomic E-state index is 12.1. The van der Waals surface area contributed by atoms with Crippen LogP contribution in [0.3, 0.4) is 0 Å². The van der Waals surface area contributed by atoms with E-state index in [1.54, 1.807) is 19.1 Å². The van der Waals surface area contributed by atoms with E-state index in [0.29, 0.717) is 6.61 Å². The molecule has 0 aliphatic rings. The Kier molecular flexibility index (Phi) is 6.93. The molecule has 0 aliphatic carbocycles. The van der Waals surface area contributed by atoms with Gasteiger partial charge in [0.05, 0.1) is 24.2 Å². The number of benzene rings is 2. The van der Waals surface area contributed by atoms with Crippen LogP contribution < -0.4 is 0 Å². The van der Waals surface area contributed by atoms with Crippen LogP contribution in [0.25, 0.3) is 0 Å². The quantitative estimate of drug-likeness (QED) is 0.394. The molecule has 0 aliphatic heterocycles. The van der Waals surface area contributed by atoms with Gasteiger partial charge in [-0.25, -0.2) is 0 Å². The SMILES string of the molecule is Cc1ccc(S(=O)(=O)OCC(C)OCOCc2ccccc2)cc1. The van der Waals surface area contributed by atoms with Gasteiger partial charge in [-0.2, -0.15) is 8.42 Å². The second-order valence-corrected chi connectivity index (χ2v) is 7.10. The maximum Gasteiger partial charge on any atom is 0.297 e. The van der Waals surface area contributed by atoms with Crippen molar-refractivity contribution in [3.05, 3.63) is 65.7 Å². The zero-order valence-corrected chi connectivity index (χ0v) is 14.7. The van der Waals surface area contributed by atoms with Crippen molar-refractivity contribution in [1.29, 1.82) is 0 Å². The van der Waals surface area contributed by atoms with Crippen molar-refractivity contribution in [3.63, 3.8) is 0 Å². The summed E-state index contributed by atoms with van der Waals surface area (Å²) in [5, 5.41) is 0. The minimum atomic E-state index is -3.77. The van der Waals surface area contributed by atoms with E-state index in [1.807, 2.05) is 37.3 Å². The molecule has 0 amide bonds. The van der Waals surface area contributed by atoms with Crippen LogP contribution in [0.4, 0.5) is 0 Å². The van der Waals surface area contributed by atoms with Gasteiger partial charge in [0.2, 0.25) is 0 Å². The van der Waals surface area contributed by atoms with E-state index in [9.17, 15) is 8.42 Å². The highest BCUT2D eigenvalue weighted by atomic mass is 32.2. The highest BCUT2D eigenvalue weighted by Gasteiger charge is 2.16. The molecule has 1 unspecified atom stereocenters. The van der Waals surface area contributed by atoms with Crippen molar-refractivity contribution in [3.8, 4) is 0 Å². The smallest absolute Gasteiger partial charge is 0.297 e. The van der Waals surface area contributed by atoms with Crippen LogP contribution in [0.15, 0.2) is 59.5 Å². The minimum absolute atomic E-state index is 0.0646. The van der Waals surface area contributed by atoms with Crippen molar-refractivity contribution in [2.45, 2.75) is 31.5 Å². The Balaban J connectivity index is 1.70. The molecule has 2 aromatic rings. The average molecular weight is 350 g/mol. The molecule has 130 valence electrons. The van der Waals surface area contributed by atoms with E-state index in [-0.39, 0.29) is 18.3 Å². The summed E-state index contributed by atoms with van der Waals surface area (Å²) in [4.78, 5) is 0.139. The van der Waals surface area contributed by atoms with Gasteiger partial charge >= 0.3 is 0 Å². The summed E-state index contributed by atoms with van der Waals surface area (Å²) in [5.41, 5.74) is 2.04. The monoisotopic (exact) mass is 350 g/mol. The lowest BCUT2D eigenvalue weighted by molar-refractivity contribution is -0.0990. The molecule has 1 atom stereocenters. The van der Waals surface area contributed by atoms with Gasteiger partial charge in [0.15, 0.2) is 0 Å². The second-order valence-electron chi connectivity index (χ2n) is 5.48. The summed E-state index contributed by atoms with van der Waals surface area (Å²) in [6.07, 6.45) is -0.402. The molecule has 0 N–H and O–H groups in total. The van der Waals surface area contributed by atoms with Crippen LogP contribution in [0.2, 0.25) is 0 Å². The van der Waals surface area contributed by atoms with Crippen LogP contribution in [-0.2, 0) is 30.4 Å². The molecule has 0 spiro atoms. The fourth-order valence-electron chi connectivity index (χ4n) is 1.90. The zero-order chi connectivity index (χ0) is 17.4. The van der Waals surface area contributed by atoms with Gasteiger partial charge < -0.3 is 9.47 Å². The van der Waals surface area contributed by atoms with E-state index in [0.717, 1.165) is 11.1 Å². The summed E-state index contributed by atoms with van der Waals surface area (Å²) in [5.74, 6) is 0. The molecule has 0 radical (unpaired) electrons. The van der Waals surface area contributed by atoms with Gasteiger partial charge in [0.25, 0.3) is 10.1 Å². The number of rotatable bonds is 9. The van der Waals surface area contributed by atoms with Crippen LogP contribution in [-0.4, -0.2) is 27.9 Å². The van der Waals surface area contributed by atoms with Crippen LogP contribution in [0, 0.1) is 6.92 Å². The molecule has 24 heavy (non-hydrogen) atoms. The topological polar surface area (TPSA) is 61.8 Å². The Bertz CT molecular complexity index is 711. The highest BCUT2D eigenvalue weighted by molar-refractivity contribution is 7.86. The molecule has 0 saturated carbocycles. The summed E-state index contributed by atoms with van der Waals surface area (Å²) >= 11 is 0. The number of hydrogen-bond donors (Lipinski definition) is 0. The fourth-order valence-corrected chi connectivity index (χ4v) is 2.88. The van der Waals surface area contributed by atoms with Crippen LogP contribution in [0.1, 0.15) is 18.1 Å². The zero-order valence-electron chi connectivity index (χ0n) is 13.8. The van der Waals surface area contributed by atoms with Gasteiger partial charge in [0, 0.05) is 0 Å². The first kappa shape index (κ1) is 18.6. The van der Waals surface area contributed by atoms with Gasteiger partial charge in [-0.15, -0.1) is 0 Å². The van der Waals surface area contributed by atoms with Gasteiger partial charge in [0.1, 0.15) is 6.79 Å². The Hall–Kier alpha value is -1.73. The Labute approximate surface area is 143 Å². The maximum atomic E-state index is 12.1. The molecule has 6 heteroatoms. The predicted octanol–water partition coefficient (Wildman–Crippen LogP) is 3.28. The summed E-state index contributed by atoms with van der Waals surface area (Å²) < 4.78 is 39.9. The first-order valence-electron chi connectivity index (χ1n) is 7.67. The fraction of sp³-hybridized carbons (Fsp3) is 0.333. The van der Waals surface area contributed by atoms with Gasteiger partial charge in [-0.05, 0) is 31.5 Å². The summed E-state index contributed by atoms with van der Waals surface area (Å²) in [6.45, 7) is 4.07. The normalized spacial score (nSPS) is 12.9. The number of ether oxygens (including phenoxy) is 2. The molecule has 5 nitrogen and oxygen atoms in total. The molecule has 0 aromatic heterocycles. The van der Waals surface area contributed by atoms with E-state index < -0.39 is 16.2 Å². The minimum Gasteiger partial charge on any atom is -0.351 e. The Morgan fingerprint density at radius 3 is 2.33 bits per heavy atom. The van der Waals surface area contributed by atoms with Crippen molar-refractivity contribution in [2.75, 3.05) is 13.4 Å². The van der Waals surface area contributed by atoms with Crippen molar-refractivity contribution in [2.24, 2.45) is 0 Å². The van der Waals surface area contributed by atoms with Crippen molar-refractivity contribution < 1.29 is 22.1 Å². The Morgan fingerprint density at radius 2 is 1.67 bits per heavy atom. The molecule has 2 rings (SSSR count). The third-order valence-electron chi connectivity index (χ3n) is 3.32. The largest absolute Gasteiger partial charge is 0.351 e. The summed E-state index contributed by atoms with van der Waals surface area (Å²) in [6, 6.07) is 16.2. The van der Waals surface area contributed by atoms with Crippen LogP contribution in [0.5, 0.6) is 0 Å². The third kappa shape index (κ3) is 6.05. The summed E-state index contributed by atoms with van der Waals surface area (Å²) in [7, 11) is -3.77. The lowest BCUT2D eigenvalue weighted by Crippen LogP contribution is -2.20.